The molecule has 0 saturated carbocycles. The molecule has 192 valence electrons. The van der Waals surface area contributed by atoms with Crippen molar-refractivity contribution < 1.29 is 23.2 Å². The lowest BCUT2D eigenvalue weighted by Crippen LogP contribution is -2.54. The van der Waals surface area contributed by atoms with Crippen LogP contribution < -0.4 is 5.48 Å². The Labute approximate surface area is 211 Å². The monoisotopic (exact) mass is 512 g/mol. The van der Waals surface area contributed by atoms with Crippen LogP contribution in [0.4, 0.5) is 0 Å². The summed E-state index contributed by atoms with van der Waals surface area (Å²) in [6, 6.07) is 14.7. The van der Waals surface area contributed by atoms with E-state index in [2.05, 4.69) is 41.5 Å². The first kappa shape index (κ1) is 26.0. The lowest BCUT2D eigenvalue weighted by Gasteiger charge is -2.34. The average molecular weight is 513 g/mol. The van der Waals surface area contributed by atoms with Crippen LogP contribution in [0.2, 0.25) is 0 Å². The summed E-state index contributed by atoms with van der Waals surface area (Å²) >= 11 is 0. The number of hydroxylamine groups is 1. The van der Waals surface area contributed by atoms with Crippen molar-refractivity contribution in [2.45, 2.75) is 61.5 Å². The number of aromatic nitrogens is 3. The first-order chi connectivity index (χ1) is 17.4. The number of hydrogen-bond donors (Lipinski definition) is 2. The Morgan fingerprint density at radius 2 is 1.72 bits per heavy atom. The van der Waals surface area contributed by atoms with E-state index in [1.54, 1.807) is 16.8 Å². The van der Waals surface area contributed by atoms with Crippen molar-refractivity contribution in [3.8, 4) is 5.69 Å². The number of amides is 1. The summed E-state index contributed by atoms with van der Waals surface area (Å²) in [5, 5.41) is 17.6. The second-order valence-corrected chi connectivity index (χ2v) is 11.4. The van der Waals surface area contributed by atoms with E-state index in [9.17, 15) is 18.4 Å². The number of nitrogens with zero attached hydrogens (tertiary/aromatic N) is 3. The van der Waals surface area contributed by atoms with Gasteiger partial charge in [0.1, 0.15) is 0 Å². The molecular formula is C26H32N4O5S. The molecule has 2 heterocycles. The fourth-order valence-corrected chi connectivity index (χ4v) is 6.48. The third-order valence-electron chi connectivity index (χ3n) is 6.76. The van der Waals surface area contributed by atoms with Crippen molar-refractivity contribution in [2.75, 3.05) is 13.2 Å². The molecule has 9 nitrogen and oxygen atoms in total. The molecule has 0 bridgehead atoms. The van der Waals surface area contributed by atoms with Crippen LogP contribution in [0.5, 0.6) is 0 Å². The Hall–Kier alpha value is -3.08. The van der Waals surface area contributed by atoms with Gasteiger partial charge in [0.15, 0.2) is 14.6 Å². The number of benzene rings is 2. The van der Waals surface area contributed by atoms with Gasteiger partial charge in [-0.2, -0.15) is 0 Å². The first-order valence-corrected chi connectivity index (χ1v) is 13.7. The molecule has 2 aromatic carbocycles. The van der Waals surface area contributed by atoms with E-state index >= 15 is 0 Å². The van der Waals surface area contributed by atoms with E-state index < -0.39 is 20.5 Å². The molecule has 0 spiro atoms. The molecule has 4 rings (SSSR count). The topological polar surface area (TPSA) is 123 Å². The highest BCUT2D eigenvalue weighted by atomic mass is 32.2. The molecule has 0 unspecified atom stereocenters. The second kappa shape index (κ2) is 11.3. The van der Waals surface area contributed by atoms with Gasteiger partial charge in [0.2, 0.25) is 0 Å². The van der Waals surface area contributed by atoms with Crippen LogP contribution in [0.25, 0.3) is 5.69 Å². The lowest BCUT2D eigenvalue weighted by atomic mass is 9.98. The minimum absolute atomic E-state index is 0.00360. The normalized spacial score (nSPS) is 15.5. The van der Waals surface area contributed by atoms with E-state index in [0.717, 1.165) is 17.7 Å². The van der Waals surface area contributed by atoms with Gasteiger partial charge in [-0.05, 0) is 61.1 Å². The molecule has 0 radical (unpaired) electrons. The molecule has 1 aromatic heterocycles. The predicted octanol–water partition coefficient (Wildman–Crippen LogP) is 3.42. The van der Waals surface area contributed by atoms with E-state index in [-0.39, 0.29) is 31.0 Å². The summed E-state index contributed by atoms with van der Waals surface area (Å²) in [4.78, 5) is 12.4. The molecule has 1 saturated heterocycles. The number of unbranched alkanes of at least 4 members (excludes halogenated alkanes) is 2. The molecule has 0 aliphatic carbocycles. The molecule has 10 heteroatoms. The standard InChI is InChI=1S/C26H32N4O5S/c1-2-3-4-5-20-6-8-21(9-7-20)18-22-19-30(29-27-22)23-10-12-24(13-11-23)36(33,34)26(25(31)28-32)14-16-35-17-15-26/h6-13,19,32H,2-5,14-18H2,1H3,(H,28,31). The molecular weight excluding hydrogens is 480 g/mol. The van der Waals surface area contributed by atoms with Gasteiger partial charge in [0, 0.05) is 19.6 Å². The Kier molecular flexibility index (Phi) is 8.17. The molecule has 3 aromatic rings. The van der Waals surface area contributed by atoms with Gasteiger partial charge < -0.3 is 4.74 Å². The third kappa shape index (κ3) is 5.35. The maximum atomic E-state index is 13.4. The molecule has 2 N–H and O–H groups in total. The quantitative estimate of drug-likeness (QED) is 0.242. The average Bonchev–Trinajstić information content (AvgIpc) is 3.38. The summed E-state index contributed by atoms with van der Waals surface area (Å²) in [6.07, 6.45) is 7.14. The van der Waals surface area contributed by atoms with Crippen LogP contribution in [0.3, 0.4) is 0 Å². The number of carbonyl (C=O) groups is 1. The van der Waals surface area contributed by atoms with E-state index in [4.69, 9.17) is 4.74 Å². The Bertz CT molecular complexity index is 1260. The van der Waals surface area contributed by atoms with Crippen LogP contribution in [0.1, 0.15) is 55.8 Å². The number of rotatable bonds is 10. The number of ether oxygens (including phenoxy) is 1. The van der Waals surface area contributed by atoms with Gasteiger partial charge in [0.05, 0.1) is 22.5 Å². The summed E-state index contributed by atoms with van der Waals surface area (Å²) in [7, 11) is -4.08. The Morgan fingerprint density at radius 1 is 1.06 bits per heavy atom. The highest BCUT2D eigenvalue weighted by Gasteiger charge is 2.52. The van der Waals surface area contributed by atoms with Crippen LogP contribution >= 0.6 is 0 Å². The van der Waals surface area contributed by atoms with Crippen LogP contribution in [-0.4, -0.2) is 52.5 Å². The number of aryl methyl sites for hydroxylation is 1. The number of nitrogens with one attached hydrogen (secondary N) is 1. The van der Waals surface area contributed by atoms with Crippen LogP contribution in [0.15, 0.2) is 59.6 Å². The fourth-order valence-electron chi connectivity index (χ4n) is 4.54. The van der Waals surface area contributed by atoms with E-state index in [1.807, 2.05) is 6.20 Å². The van der Waals surface area contributed by atoms with Crippen molar-refractivity contribution in [2.24, 2.45) is 0 Å². The fraction of sp³-hybridized carbons (Fsp3) is 0.423. The number of hydrogen-bond acceptors (Lipinski definition) is 7. The zero-order valence-electron chi connectivity index (χ0n) is 20.4. The van der Waals surface area contributed by atoms with Gasteiger partial charge in [-0.1, -0.05) is 49.2 Å². The summed E-state index contributed by atoms with van der Waals surface area (Å²) in [5.41, 5.74) is 5.45. The van der Waals surface area contributed by atoms with Gasteiger partial charge in [0.25, 0.3) is 5.91 Å². The minimum atomic E-state index is -4.08. The predicted molar refractivity (Wildman–Crippen MR) is 134 cm³/mol. The van der Waals surface area contributed by atoms with Crippen LogP contribution in [-0.2, 0) is 32.2 Å². The number of carbonyl (C=O) groups excluding carboxylic acids is 1. The maximum absolute atomic E-state index is 13.4. The van der Waals surface area contributed by atoms with Crippen molar-refractivity contribution in [1.82, 2.24) is 20.5 Å². The van der Waals surface area contributed by atoms with Crippen molar-refractivity contribution in [3.63, 3.8) is 0 Å². The lowest BCUT2D eigenvalue weighted by molar-refractivity contribution is -0.134. The highest BCUT2D eigenvalue weighted by molar-refractivity contribution is 7.93. The van der Waals surface area contributed by atoms with Crippen molar-refractivity contribution in [3.05, 3.63) is 71.5 Å². The van der Waals surface area contributed by atoms with E-state index in [0.29, 0.717) is 12.1 Å². The molecule has 36 heavy (non-hydrogen) atoms. The number of sulfone groups is 1. The molecule has 0 atom stereocenters. The zero-order chi connectivity index (χ0) is 25.6. The second-order valence-electron chi connectivity index (χ2n) is 9.15. The largest absolute Gasteiger partial charge is 0.381 e. The molecule has 1 aliphatic rings. The third-order valence-corrected chi connectivity index (χ3v) is 9.28. The molecule has 1 fully saturated rings. The Balaban J connectivity index is 1.47. The summed E-state index contributed by atoms with van der Waals surface area (Å²) in [6.45, 7) is 2.44. The summed E-state index contributed by atoms with van der Waals surface area (Å²) < 4.78 is 31.9. The molecule has 1 amide bonds. The first-order valence-electron chi connectivity index (χ1n) is 12.3. The Morgan fingerprint density at radius 3 is 2.36 bits per heavy atom. The van der Waals surface area contributed by atoms with Crippen molar-refractivity contribution >= 4 is 15.7 Å². The minimum Gasteiger partial charge on any atom is -0.381 e. The van der Waals surface area contributed by atoms with Gasteiger partial charge in [-0.3, -0.25) is 10.0 Å². The summed E-state index contributed by atoms with van der Waals surface area (Å²) in [5.74, 6) is -0.940. The van der Waals surface area contributed by atoms with Gasteiger partial charge in [-0.25, -0.2) is 18.6 Å². The van der Waals surface area contributed by atoms with Crippen LogP contribution in [0, 0.1) is 0 Å². The molecule has 1 aliphatic heterocycles. The zero-order valence-corrected chi connectivity index (χ0v) is 21.2. The maximum Gasteiger partial charge on any atom is 0.265 e. The highest BCUT2D eigenvalue weighted by Crippen LogP contribution is 2.35. The van der Waals surface area contributed by atoms with Crippen molar-refractivity contribution in [1.29, 1.82) is 0 Å². The van der Waals surface area contributed by atoms with Gasteiger partial charge >= 0.3 is 0 Å². The van der Waals surface area contributed by atoms with Gasteiger partial charge in [-0.15, -0.1) is 5.10 Å². The SMILES string of the molecule is CCCCCc1ccc(Cc2cn(-c3ccc(S(=O)(=O)C4(C(=O)NO)CCOCC4)cc3)nn2)cc1. The smallest absolute Gasteiger partial charge is 0.265 e. The van der Waals surface area contributed by atoms with E-state index in [1.165, 1.54) is 42.4 Å².